The summed E-state index contributed by atoms with van der Waals surface area (Å²) in [6, 6.07) is 3.01. The molecule has 0 amide bonds. The molecule has 0 aromatic carbocycles. The lowest BCUT2D eigenvalue weighted by molar-refractivity contribution is 0.614. The predicted molar refractivity (Wildman–Crippen MR) is 58.8 cm³/mol. The summed E-state index contributed by atoms with van der Waals surface area (Å²) in [4.78, 5) is 4.25. The summed E-state index contributed by atoms with van der Waals surface area (Å²) in [5.74, 6) is 1.16. The van der Waals surface area contributed by atoms with Gasteiger partial charge in [0, 0.05) is 6.54 Å². The van der Waals surface area contributed by atoms with Crippen LogP contribution in [-0.2, 0) is 0 Å². The Hall–Kier alpha value is -1.65. The maximum Gasteiger partial charge on any atom is 0.243 e. The molecule has 1 aliphatic rings. The molecule has 2 aromatic rings. The number of nitrogens with one attached hydrogen (secondary N) is 1. The predicted octanol–water partition coefficient (Wildman–Crippen LogP) is 2.08. The van der Waals surface area contributed by atoms with E-state index in [2.05, 4.69) is 15.4 Å². The van der Waals surface area contributed by atoms with Crippen molar-refractivity contribution < 1.29 is 4.39 Å². The minimum Gasteiger partial charge on any atom is -0.353 e. The van der Waals surface area contributed by atoms with Gasteiger partial charge < -0.3 is 5.32 Å². The van der Waals surface area contributed by atoms with Gasteiger partial charge in [0.15, 0.2) is 5.65 Å². The molecule has 0 radical (unpaired) electrons. The van der Waals surface area contributed by atoms with E-state index in [1.807, 2.05) is 0 Å². The van der Waals surface area contributed by atoms with E-state index >= 15 is 0 Å². The van der Waals surface area contributed by atoms with Crippen LogP contribution >= 0.6 is 0 Å². The van der Waals surface area contributed by atoms with Gasteiger partial charge in [0.25, 0.3) is 0 Å². The van der Waals surface area contributed by atoms with Gasteiger partial charge in [0.05, 0.1) is 6.20 Å². The Kier molecular flexibility index (Phi) is 2.23. The molecule has 0 unspecified atom stereocenters. The molecule has 84 valence electrons. The van der Waals surface area contributed by atoms with Crippen molar-refractivity contribution in [2.24, 2.45) is 5.92 Å². The number of hydrogen-bond acceptors (Lipinski definition) is 3. The van der Waals surface area contributed by atoms with E-state index in [1.165, 1.54) is 36.0 Å². The highest BCUT2D eigenvalue weighted by Crippen LogP contribution is 2.31. The van der Waals surface area contributed by atoms with Gasteiger partial charge in [-0.15, -0.1) is 5.10 Å². The Balaban J connectivity index is 1.71. The third kappa shape index (κ3) is 1.98. The van der Waals surface area contributed by atoms with Crippen molar-refractivity contribution in [2.45, 2.75) is 19.3 Å². The lowest BCUT2D eigenvalue weighted by Gasteiger charge is -1.98. The zero-order valence-corrected chi connectivity index (χ0v) is 8.86. The van der Waals surface area contributed by atoms with Gasteiger partial charge in [-0.3, -0.25) is 0 Å². The van der Waals surface area contributed by atoms with Crippen molar-refractivity contribution in [3.05, 3.63) is 24.1 Å². The Morgan fingerprint density at radius 2 is 2.31 bits per heavy atom. The average molecular weight is 220 g/mol. The lowest BCUT2D eigenvalue weighted by atomic mass is 10.3. The largest absolute Gasteiger partial charge is 0.353 e. The zero-order chi connectivity index (χ0) is 11.0. The minimum atomic E-state index is -0.304. The molecular formula is C11H13FN4. The standard InChI is InChI=1S/C11H13FN4/c12-9-3-4-10-14-11(15-16(10)7-9)13-6-5-8-1-2-8/h3-4,7-8H,1-2,5-6H2,(H,13,15). The second kappa shape index (κ2) is 3.73. The summed E-state index contributed by atoms with van der Waals surface area (Å²) in [7, 11) is 0. The normalized spacial score (nSPS) is 15.6. The van der Waals surface area contributed by atoms with Crippen LogP contribution in [0.3, 0.4) is 0 Å². The van der Waals surface area contributed by atoms with Gasteiger partial charge in [-0.05, 0) is 24.5 Å². The minimum absolute atomic E-state index is 0.304. The number of anilines is 1. The Morgan fingerprint density at radius 3 is 3.12 bits per heavy atom. The molecule has 1 fully saturated rings. The van der Waals surface area contributed by atoms with Gasteiger partial charge >= 0.3 is 0 Å². The Labute approximate surface area is 92.5 Å². The van der Waals surface area contributed by atoms with Crippen molar-refractivity contribution in [1.82, 2.24) is 14.6 Å². The van der Waals surface area contributed by atoms with Crippen LogP contribution in [0.5, 0.6) is 0 Å². The number of rotatable bonds is 4. The van der Waals surface area contributed by atoms with Crippen LogP contribution < -0.4 is 5.32 Å². The molecule has 4 nitrogen and oxygen atoms in total. The highest BCUT2D eigenvalue weighted by atomic mass is 19.1. The van der Waals surface area contributed by atoms with Crippen LogP contribution in [0.4, 0.5) is 10.3 Å². The van der Waals surface area contributed by atoms with E-state index in [1.54, 1.807) is 6.07 Å². The highest BCUT2D eigenvalue weighted by Gasteiger charge is 2.20. The summed E-state index contributed by atoms with van der Waals surface area (Å²) in [6.45, 7) is 0.893. The molecule has 3 rings (SSSR count). The van der Waals surface area contributed by atoms with Crippen LogP contribution in [0.25, 0.3) is 5.65 Å². The number of fused-ring (bicyclic) bond motifs is 1. The molecule has 1 aliphatic carbocycles. The smallest absolute Gasteiger partial charge is 0.243 e. The number of hydrogen-bond donors (Lipinski definition) is 1. The number of nitrogens with zero attached hydrogens (tertiary/aromatic N) is 3. The monoisotopic (exact) mass is 220 g/mol. The summed E-state index contributed by atoms with van der Waals surface area (Å²) in [6.07, 6.45) is 5.20. The Bertz CT molecular complexity index is 504. The first-order chi connectivity index (χ1) is 7.81. The maximum absolute atomic E-state index is 12.9. The number of pyridine rings is 1. The summed E-state index contributed by atoms with van der Waals surface area (Å²) >= 11 is 0. The fraction of sp³-hybridized carbons (Fsp3) is 0.455. The topological polar surface area (TPSA) is 42.2 Å². The SMILES string of the molecule is Fc1ccc2nc(NCCC3CC3)nn2c1. The third-order valence-corrected chi connectivity index (χ3v) is 2.83. The van der Waals surface area contributed by atoms with E-state index in [4.69, 9.17) is 0 Å². The zero-order valence-electron chi connectivity index (χ0n) is 8.86. The van der Waals surface area contributed by atoms with Gasteiger partial charge in [-0.1, -0.05) is 12.8 Å². The molecule has 1 saturated carbocycles. The summed E-state index contributed by atoms with van der Waals surface area (Å²) in [5.41, 5.74) is 0.662. The van der Waals surface area contributed by atoms with Crippen molar-refractivity contribution in [1.29, 1.82) is 0 Å². The van der Waals surface area contributed by atoms with E-state index in [-0.39, 0.29) is 5.82 Å². The van der Waals surface area contributed by atoms with Crippen LogP contribution in [0.2, 0.25) is 0 Å². The number of aromatic nitrogens is 3. The molecule has 2 aromatic heterocycles. The summed E-state index contributed by atoms with van der Waals surface area (Å²) < 4.78 is 14.4. The van der Waals surface area contributed by atoms with Crippen molar-refractivity contribution in [3.63, 3.8) is 0 Å². The molecule has 5 heteroatoms. The molecule has 0 atom stereocenters. The lowest BCUT2D eigenvalue weighted by Crippen LogP contribution is -2.03. The van der Waals surface area contributed by atoms with E-state index < -0.39 is 0 Å². The van der Waals surface area contributed by atoms with Crippen LogP contribution in [0.15, 0.2) is 18.3 Å². The fourth-order valence-electron chi connectivity index (χ4n) is 1.73. The average Bonchev–Trinajstić information content (AvgIpc) is 2.98. The van der Waals surface area contributed by atoms with E-state index in [0.717, 1.165) is 12.5 Å². The first-order valence-electron chi connectivity index (χ1n) is 5.57. The molecular weight excluding hydrogens is 207 g/mol. The third-order valence-electron chi connectivity index (χ3n) is 2.83. The van der Waals surface area contributed by atoms with Gasteiger partial charge in [-0.25, -0.2) is 8.91 Å². The quantitative estimate of drug-likeness (QED) is 0.857. The van der Waals surface area contributed by atoms with Crippen LogP contribution in [0, 0.1) is 11.7 Å². The first kappa shape index (κ1) is 9.57. The van der Waals surface area contributed by atoms with Gasteiger partial charge in [0.2, 0.25) is 5.95 Å². The van der Waals surface area contributed by atoms with Crippen LogP contribution in [-0.4, -0.2) is 21.1 Å². The van der Waals surface area contributed by atoms with Crippen molar-refractivity contribution >= 4 is 11.6 Å². The van der Waals surface area contributed by atoms with Crippen molar-refractivity contribution in [3.8, 4) is 0 Å². The second-order valence-corrected chi connectivity index (χ2v) is 4.24. The number of halogens is 1. The van der Waals surface area contributed by atoms with Crippen LogP contribution in [0.1, 0.15) is 19.3 Å². The highest BCUT2D eigenvalue weighted by molar-refractivity contribution is 5.42. The molecule has 0 spiro atoms. The van der Waals surface area contributed by atoms with E-state index in [9.17, 15) is 4.39 Å². The van der Waals surface area contributed by atoms with Gasteiger partial charge in [0.1, 0.15) is 5.82 Å². The fourth-order valence-corrected chi connectivity index (χ4v) is 1.73. The molecule has 0 saturated heterocycles. The first-order valence-corrected chi connectivity index (χ1v) is 5.57. The molecule has 0 aliphatic heterocycles. The van der Waals surface area contributed by atoms with Gasteiger partial charge in [-0.2, -0.15) is 4.98 Å². The molecule has 0 bridgehead atoms. The molecule has 2 heterocycles. The molecule has 16 heavy (non-hydrogen) atoms. The van der Waals surface area contributed by atoms with Crippen molar-refractivity contribution in [2.75, 3.05) is 11.9 Å². The Morgan fingerprint density at radius 1 is 1.44 bits per heavy atom. The second-order valence-electron chi connectivity index (χ2n) is 4.24. The summed E-state index contributed by atoms with van der Waals surface area (Å²) in [5, 5.41) is 7.30. The van der Waals surface area contributed by atoms with E-state index in [0.29, 0.717) is 11.6 Å². The molecule has 1 N–H and O–H groups in total. The maximum atomic E-state index is 12.9.